The van der Waals surface area contributed by atoms with Crippen molar-refractivity contribution < 1.29 is 47.0 Å². The van der Waals surface area contributed by atoms with E-state index in [1.807, 2.05) is 13.8 Å². The van der Waals surface area contributed by atoms with Crippen molar-refractivity contribution in [3.05, 3.63) is 112 Å². The van der Waals surface area contributed by atoms with E-state index in [2.05, 4.69) is 66.8 Å². The van der Waals surface area contributed by atoms with Crippen molar-refractivity contribution in [1.29, 1.82) is 0 Å². The van der Waals surface area contributed by atoms with Crippen LogP contribution in [0.5, 0.6) is 0 Å². The minimum atomic E-state index is -1.22. The maximum atomic E-state index is 14.4. The van der Waals surface area contributed by atoms with Gasteiger partial charge < -0.3 is 20.8 Å². The second-order valence-corrected chi connectivity index (χ2v) is 16.0. The lowest BCUT2D eigenvalue weighted by molar-refractivity contribution is -0.0268. The van der Waals surface area contributed by atoms with Crippen LogP contribution in [0.15, 0.2) is 60.7 Å². The van der Waals surface area contributed by atoms with E-state index in [1.165, 1.54) is 0 Å². The van der Waals surface area contributed by atoms with E-state index in [0.29, 0.717) is 17.8 Å². The van der Waals surface area contributed by atoms with Crippen LogP contribution in [0, 0.1) is 42.2 Å². The lowest BCUT2D eigenvalue weighted by atomic mass is 10.1. The molecule has 6 N–H and O–H groups in total. The van der Waals surface area contributed by atoms with Crippen LogP contribution in [-0.2, 0) is 9.68 Å². The van der Waals surface area contributed by atoms with E-state index in [0.717, 1.165) is 31.4 Å². The minimum absolute atomic E-state index is 0.0644. The molecule has 2 atom stereocenters. The van der Waals surface area contributed by atoms with E-state index in [4.69, 9.17) is 32.9 Å². The van der Waals surface area contributed by atoms with Gasteiger partial charge in [-0.1, -0.05) is 50.9 Å². The zero-order valence-electron chi connectivity index (χ0n) is 29.8. The van der Waals surface area contributed by atoms with Gasteiger partial charge in [-0.05, 0) is 124 Å². The molecular weight excluding hydrogens is 997 g/mol. The largest absolute Gasteiger partial charge is 0.391 e. The number of amides is 2. The first-order valence-corrected chi connectivity index (χ1v) is 19.4. The van der Waals surface area contributed by atoms with Crippen molar-refractivity contribution in [2.45, 2.75) is 46.3 Å². The summed E-state index contributed by atoms with van der Waals surface area (Å²) in [6, 6.07) is 13.8. The van der Waals surface area contributed by atoms with Crippen LogP contribution in [0.1, 0.15) is 54.8 Å². The molecule has 4 aromatic carbocycles. The number of halogens is 8. The molecule has 2 amide bonds. The summed E-state index contributed by atoms with van der Waals surface area (Å²) in [6.07, 6.45) is -1.04. The Morgan fingerprint density at radius 1 is 0.691 bits per heavy atom. The van der Waals surface area contributed by atoms with E-state index in [9.17, 15) is 37.4 Å². The van der Waals surface area contributed by atoms with Crippen molar-refractivity contribution in [2.75, 3.05) is 23.8 Å². The molecule has 0 aliphatic rings. The minimum Gasteiger partial charge on any atom is -0.391 e. The van der Waals surface area contributed by atoms with Crippen LogP contribution < -0.4 is 21.6 Å². The molecule has 298 valence electrons. The second kappa shape index (κ2) is 22.1. The van der Waals surface area contributed by atoms with Gasteiger partial charge in [-0.15, -0.1) is 0 Å². The van der Waals surface area contributed by atoms with Crippen LogP contribution in [-0.4, -0.2) is 47.4 Å². The Morgan fingerprint density at radius 3 is 1.49 bits per heavy atom. The Morgan fingerprint density at radius 2 is 1.11 bits per heavy atom. The average molecular weight is 1040 g/mol. The molecular formula is C37H38Cl2F4I2N4O6. The van der Waals surface area contributed by atoms with Crippen LogP contribution >= 0.6 is 68.4 Å². The summed E-state index contributed by atoms with van der Waals surface area (Å²) in [5.74, 6) is -6.07. The molecule has 10 nitrogen and oxygen atoms in total. The van der Waals surface area contributed by atoms with Crippen LogP contribution in [0.25, 0.3) is 0 Å². The fourth-order valence-electron chi connectivity index (χ4n) is 4.49. The van der Waals surface area contributed by atoms with Gasteiger partial charge in [-0.3, -0.25) is 19.3 Å². The van der Waals surface area contributed by atoms with Crippen LogP contribution in [0.3, 0.4) is 0 Å². The topological polar surface area (TPSA) is 141 Å². The summed E-state index contributed by atoms with van der Waals surface area (Å²) in [7, 11) is 0. The first kappa shape index (κ1) is 46.4. The first-order valence-electron chi connectivity index (χ1n) is 16.5. The maximum Gasteiger partial charge on any atom is 0.277 e. The molecule has 0 saturated carbocycles. The number of hydrogen-bond acceptors (Lipinski definition) is 8. The predicted octanol–water partition coefficient (Wildman–Crippen LogP) is 9.68. The van der Waals surface area contributed by atoms with Gasteiger partial charge in [-0.2, -0.15) is 0 Å². The van der Waals surface area contributed by atoms with Gasteiger partial charge >= 0.3 is 0 Å². The highest BCUT2D eigenvalue weighted by Gasteiger charge is 2.22. The number of hydroxylamine groups is 2. The van der Waals surface area contributed by atoms with Gasteiger partial charge in [0.05, 0.1) is 56.1 Å². The lowest BCUT2D eigenvalue weighted by Gasteiger charge is -2.16. The summed E-state index contributed by atoms with van der Waals surface area (Å²) in [5.41, 5.74) is 3.79. The van der Waals surface area contributed by atoms with Crippen LogP contribution in [0.4, 0.5) is 40.3 Å². The number of carbonyl (C=O) groups is 2. The summed E-state index contributed by atoms with van der Waals surface area (Å²) in [6.45, 7) is 7.20. The Balaban J connectivity index is 0.000000296. The highest BCUT2D eigenvalue weighted by atomic mass is 127. The van der Waals surface area contributed by atoms with Crippen molar-refractivity contribution in [1.82, 2.24) is 11.0 Å². The third kappa shape index (κ3) is 14.2. The summed E-state index contributed by atoms with van der Waals surface area (Å²) >= 11 is 16.4. The van der Waals surface area contributed by atoms with Gasteiger partial charge in [0.25, 0.3) is 11.8 Å². The molecule has 0 radical (unpaired) electrons. The van der Waals surface area contributed by atoms with E-state index < -0.39 is 47.3 Å². The monoisotopic (exact) mass is 1030 g/mol. The van der Waals surface area contributed by atoms with Crippen molar-refractivity contribution in [3.63, 3.8) is 0 Å². The average Bonchev–Trinajstić information content (AvgIpc) is 3.10. The number of aliphatic hydroxyl groups excluding tert-OH is 2. The Hall–Kier alpha value is -2.98. The predicted molar refractivity (Wildman–Crippen MR) is 221 cm³/mol. The van der Waals surface area contributed by atoms with Gasteiger partial charge in [-0.25, -0.2) is 28.5 Å². The van der Waals surface area contributed by atoms with Gasteiger partial charge in [0, 0.05) is 7.14 Å². The quantitative estimate of drug-likeness (QED) is 0.0393. The van der Waals surface area contributed by atoms with E-state index >= 15 is 0 Å². The Kier molecular flexibility index (Phi) is 18.6. The van der Waals surface area contributed by atoms with Crippen molar-refractivity contribution in [2.24, 2.45) is 11.8 Å². The molecule has 0 fully saturated rings. The number of carbonyl (C=O) groups excluding carboxylic acids is 2. The molecule has 0 aromatic heterocycles. The zero-order chi connectivity index (χ0) is 41.0. The standard InChI is InChI=1S/C19H20ClF2IN2O3.C18H18ClF2IN2O3/c1-10(2)7-12(26)9-28-25-19(27)13-4-5-15(21)17(22)18(13)24-16-6-3-11(23)8-14(16)20;1-9(2)15(25)8-27-24-18(26)11-4-5-13(20)16(21)17(11)23-14-6-3-10(22)7-12(14)19/h3-6,8,10,12,24,26H,7,9H2,1-2H3,(H,25,27);3-7,9,15,23,25H,8H2,1-2H3,(H,24,26). The molecule has 0 bridgehead atoms. The molecule has 0 spiro atoms. The number of nitrogens with one attached hydrogen (secondary N) is 4. The molecule has 0 saturated heterocycles. The fourth-order valence-corrected chi connectivity index (χ4v) is 6.29. The number of benzene rings is 4. The highest BCUT2D eigenvalue weighted by Crippen LogP contribution is 2.33. The summed E-state index contributed by atoms with van der Waals surface area (Å²) in [4.78, 5) is 34.7. The van der Waals surface area contributed by atoms with E-state index in [1.54, 1.807) is 50.2 Å². The maximum absolute atomic E-state index is 14.4. The highest BCUT2D eigenvalue weighted by molar-refractivity contribution is 14.1. The molecule has 0 aliphatic carbocycles. The zero-order valence-corrected chi connectivity index (χ0v) is 35.6. The number of hydrogen-bond donors (Lipinski definition) is 6. The molecule has 18 heteroatoms. The molecule has 0 aliphatic heterocycles. The van der Waals surface area contributed by atoms with Crippen molar-refractivity contribution >= 4 is 103 Å². The molecule has 55 heavy (non-hydrogen) atoms. The SMILES string of the molecule is CC(C)C(O)CONC(=O)c1ccc(F)c(F)c1Nc1ccc(I)cc1Cl.CC(C)CC(O)CONC(=O)c1ccc(F)c(F)c1Nc1ccc(I)cc1Cl. The molecule has 2 unspecified atom stereocenters. The van der Waals surface area contributed by atoms with E-state index in [-0.39, 0.29) is 57.6 Å². The third-order valence-electron chi connectivity index (χ3n) is 7.43. The molecule has 4 aromatic rings. The Bertz CT molecular complexity index is 1960. The normalized spacial score (nSPS) is 12.1. The fraction of sp³-hybridized carbons (Fsp3) is 0.297. The van der Waals surface area contributed by atoms with Gasteiger partial charge in [0.15, 0.2) is 23.3 Å². The van der Waals surface area contributed by atoms with Crippen LogP contribution in [0.2, 0.25) is 10.0 Å². The van der Waals surface area contributed by atoms with Gasteiger partial charge in [0.2, 0.25) is 0 Å². The molecule has 4 rings (SSSR count). The molecule has 0 heterocycles. The number of aliphatic hydroxyl groups is 2. The van der Waals surface area contributed by atoms with Gasteiger partial charge in [0.1, 0.15) is 13.2 Å². The lowest BCUT2D eigenvalue weighted by Crippen LogP contribution is -2.31. The number of rotatable bonds is 15. The van der Waals surface area contributed by atoms with Crippen molar-refractivity contribution in [3.8, 4) is 0 Å². The summed E-state index contributed by atoms with van der Waals surface area (Å²) in [5, 5.41) is 25.4. The second-order valence-electron chi connectivity index (χ2n) is 12.6. The summed E-state index contributed by atoms with van der Waals surface area (Å²) < 4.78 is 57.8. The number of anilines is 4. The first-order chi connectivity index (χ1) is 25.9. The smallest absolute Gasteiger partial charge is 0.277 e. The third-order valence-corrected chi connectivity index (χ3v) is 9.40. The Labute approximate surface area is 352 Å².